The van der Waals surface area contributed by atoms with Crippen molar-refractivity contribution in [3.63, 3.8) is 0 Å². The van der Waals surface area contributed by atoms with Gasteiger partial charge < -0.3 is 10.1 Å². The second kappa shape index (κ2) is 6.82. The number of alkyl carbamates (subject to hydrolysis) is 1. The molecule has 1 rings (SSSR count). The van der Waals surface area contributed by atoms with Crippen LogP contribution in [0.5, 0.6) is 0 Å². The molecule has 0 aliphatic carbocycles. The van der Waals surface area contributed by atoms with Crippen molar-refractivity contribution in [2.45, 2.75) is 32.8 Å². The molecule has 1 amide bonds. The van der Waals surface area contributed by atoms with Gasteiger partial charge in [0.05, 0.1) is 0 Å². The maximum Gasteiger partial charge on any atom is 0.407 e. The van der Waals surface area contributed by atoms with Gasteiger partial charge in [0.1, 0.15) is 5.60 Å². The van der Waals surface area contributed by atoms with Crippen LogP contribution in [0.1, 0.15) is 32.8 Å². The van der Waals surface area contributed by atoms with Crippen molar-refractivity contribution in [3.05, 3.63) is 30.1 Å². The lowest BCUT2D eigenvalue weighted by Crippen LogP contribution is -2.32. The van der Waals surface area contributed by atoms with Gasteiger partial charge in [0, 0.05) is 24.5 Å². The highest BCUT2D eigenvalue weighted by molar-refractivity contribution is 5.67. The van der Waals surface area contributed by atoms with E-state index >= 15 is 0 Å². The van der Waals surface area contributed by atoms with Crippen LogP contribution in [0.25, 0.3) is 6.08 Å². The molecule has 104 valence electrons. The van der Waals surface area contributed by atoms with Crippen LogP contribution in [0.2, 0.25) is 0 Å². The van der Waals surface area contributed by atoms with Crippen molar-refractivity contribution in [1.29, 1.82) is 0 Å². The highest BCUT2D eigenvalue weighted by atomic mass is 19.1. The molecule has 0 aromatic carbocycles. The van der Waals surface area contributed by atoms with Gasteiger partial charge in [-0.05, 0) is 27.2 Å². The SMILES string of the molecule is CC(C)(C)OC(=O)NCCC=Cc1cnc(F)nc1. The number of nitrogens with zero attached hydrogens (tertiary/aromatic N) is 2. The number of rotatable bonds is 4. The Morgan fingerprint density at radius 2 is 2.05 bits per heavy atom. The molecule has 0 aliphatic heterocycles. The molecule has 1 aromatic heterocycles. The first-order chi connectivity index (χ1) is 8.87. The van der Waals surface area contributed by atoms with Gasteiger partial charge >= 0.3 is 12.2 Å². The fourth-order valence-electron chi connectivity index (χ4n) is 1.20. The van der Waals surface area contributed by atoms with Crippen LogP contribution in [0, 0.1) is 6.08 Å². The first-order valence-electron chi connectivity index (χ1n) is 5.98. The van der Waals surface area contributed by atoms with Crippen molar-refractivity contribution in [2.24, 2.45) is 0 Å². The maximum atomic E-state index is 12.4. The van der Waals surface area contributed by atoms with Gasteiger partial charge in [-0.3, -0.25) is 0 Å². The molecule has 1 aromatic rings. The smallest absolute Gasteiger partial charge is 0.407 e. The fraction of sp³-hybridized carbons (Fsp3) is 0.462. The average molecular weight is 267 g/mol. The predicted molar refractivity (Wildman–Crippen MR) is 69.9 cm³/mol. The second-order valence-electron chi connectivity index (χ2n) is 4.91. The van der Waals surface area contributed by atoms with E-state index < -0.39 is 17.8 Å². The number of amides is 1. The Morgan fingerprint density at radius 3 is 2.63 bits per heavy atom. The van der Waals surface area contributed by atoms with Crippen LogP contribution < -0.4 is 5.32 Å². The standard InChI is InChI=1S/C13H18FN3O2/c1-13(2,3)19-12(18)15-7-5-4-6-10-8-16-11(14)17-9-10/h4,6,8-9H,5,7H2,1-3H3,(H,15,18). The molecule has 1 N–H and O–H groups in total. The minimum absolute atomic E-state index is 0.439. The number of carbonyl (C=O) groups is 1. The summed E-state index contributed by atoms with van der Waals surface area (Å²) in [7, 11) is 0. The summed E-state index contributed by atoms with van der Waals surface area (Å²) in [6.07, 6.45) is 5.83. The van der Waals surface area contributed by atoms with Gasteiger partial charge in [-0.15, -0.1) is 0 Å². The molecule has 1 heterocycles. The molecule has 6 heteroatoms. The van der Waals surface area contributed by atoms with Crippen molar-refractivity contribution in [2.75, 3.05) is 6.54 Å². The van der Waals surface area contributed by atoms with Crippen molar-refractivity contribution in [3.8, 4) is 0 Å². The lowest BCUT2D eigenvalue weighted by atomic mass is 10.2. The first-order valence-corrected chi connectivity index (χ1v) is 5.98. The Bertz CT molecular complexity index is 438. The summed E-state index contributed by atoms with van der Waals surface area (Å²) in [4.78, 5) is 18.2. The summed E-state index contributed by atoms with van der Waals surface area (Å²) >= 11 is 0. The number of aromatic nitrogens is 2. The van der Waals surface area contributed by atoms with Crippen LogP contribution in [-0.4, -0.2) is 28.2 Å². The predicted octanol–water partition coefficient (Wildman–Crippen LogP) is 2.54. The molecule has 0 fully saturated rings. The zero-order valence-corrected chi connectivity index (χ0v) is 11.3. The summed E-state index contributed by atoms with van der Waals surface area (Å²) < 4.78 is 17.5. The second-order valence-corrected chi connectivity index (χ2v) is 4.91. The minimum atomic E-state index is -0.747. The van der Waals surface area contributed by atoms with E-state index in [0.717, 1.165) is 0 Å². The van der Waals surface area contributed by atoms with Crippen LogP contribution in [0.3, 0.4) is 0 Å². The Balaban J connectivity index is 2.24. The topological polar surface area (TPSA) is 64.1 Å². The first kappa shape index (κ1) is 15.1. The van der Waals surface area contributed by atoms with Crippen LogP contribution in [0.15, 0.2) is 18.5 Å². The van der Waals surface area contributed by atoms with E-state index in [1.807, 2.05) is 6.08 Å². The van der Waals surface area contributed by atoms with Crippen LogP contribution in [-0.2, 0) is 4.74 Å². The van der Waals surface area contributed by atoms with Crippen LogP contribution >= 0.6 is 0 Å². The minimum Gasteiger partial charge on any atom is -0.444 e. The van der Waals surface area contributed by atoms with Crippen molar-refractivity contribution in [1.82, 2.24) is 15.3 Å². The monoisotopic (exact) mass is 267 g/mol. The number of nitrogens with one attached hydrogen (secondary N) is 1. The highest BCUT2D eigenvalue weighted by Gasteiger charge is 2.14. The molecular formula is C13H18FN3O2. The third-order valence-corrected chi connectivity index (χ3v) is 1.93. The number of ether oxygens (including phenoxy) is 1. The van der Waals surface area contributed by atoms with E-state index in [-0.39, 0.29) is 0 Å². The average Bonchev–Trinajstić information content (AvgIpc) is 2.29. The molecule has 0 saturated heterocycles. The third kappa shape index (κ3) is 7.13. The van der Waals surface area contributed by atoms with Gasteiger partial charge in [-0.25, -0.2) is 14.8 Å². The number of halogens is 1. The lowest BCUT2D eigenvalue weighted by Gasteiger charge is -2.19. The molecule has 0 spiro atoms. The van der Waals surface area contributed by atoms with E-state index in [0.29, 0.717) is 18.5 Å². The van der Waals surface area contributed by atoms with Crippen LogP contribution in [0.4, 0.5) is 9.18 Å². The molecule has 0 radical (unpaired) electrons. The quantitative estimate of drug-likeness (QED) is 0.672. The molecule has 0 unspecified atom stereocenters. The Labute approximate surface area is 111 Å². The summed E-state index contributed by atoms with van der Waals surface area (Å²) in [5.74, 6) is 0. The summed E-state index contributed by atoms with van der Waals surface area (Å²) in [6, 6.07) is 0. The van der Waals surface area contributed by atoms with Gasteiger partial charge in [-0.2, -0.15) is 4.39 Å². The van der Waals surface area contributed by atoms with E-state index in [2.05, 4.69) is 15.3 Å². The van der Waals surface area contributed by atoms with Gasteiger partial charge in [0.15, 0.2) is 0 Å². The van der Waals surface area contributed by atoms with Gasteiger partial charge in [0.25, 0.3) is 0 Å². The molecule has 5 nitrogen and oxygen atoms in total. The zero-order chi connectivity index (χ0) is 14.3. The lowest BCUT2D eigenvalue weighted by molar-refractivity contribution is 0.0529. The Morgan fingerprint density at radius 1 is 1.42 bits per heavy atom. The van der Waals surface area contributed by atoms with Gasteiger partial charge in [0.2, 0.25) is 0 Å². The highest BCUT2D eigenvalue weighted by Crippen LogP contribution is 2.06. The number of hydrogen-bond donors (Lipinski definition) is 1. The Kier molecular flexibility index (Phi) is 5.41. The summed E-state index contributed by atoms with van der Waals surface area (Å²) in [5, 5.41) is 2.63. The number of carbonyl (C=O) groups excluding carboxylic acids is 1. The van der Waals surface area contributed by atoms with E-state index in [1.165, 1.54) is 12.4 Å². The largest absolute Gasteiger partial charge is 0.444 e. The summed E-state index contributed by atoms with van der Waals surface area (Å²) in [6.45, 7) is 5.89. The van der Waals surface area contributed by atoms with E-state index in [4.69, 9.17) is 4.74 Å². The Hall–Kier alpha value is -1.98. The van der Waals surface area contributed by atoms with E-state index in [1.54, 1.807) is 26.8 Å². The molecule has 0 saturated carbocycles. The molecule has 19 heavy (non-hydrogen) atoms. The molecule has 0 atom stereocenters. The van der Waals surface area contributed by atoms with Crippen molar-refractivity contribution >= 4 is 12.2 Å². The zero-order valence-electron chi connectivity index (χ0n) is 11.3. The normalized spacial score (nSPS) is 11.6. The molecule has 0 bridgehead atoms. The third-order valence-electron chi connectivity index (χ3n) is 1.93. The van der Waals surface area contributed by atoms with Crippen molar-refractivity contribution < 1.29 is 13.9 Å². The van der Waals surface area contributed by atoms with Gasteiger partial charge in [-0.1, -0.05) is 12.2 Å². The molecular weight excluding hydrogens is 249 g/mol. The molecule has 0 aliphatic rings. The maximum absolute atomic E-state index is 12.4. The fourth-order valence-corrected chi connectivity index (χ4v) is 1.20. The number of hydrogen-bond acceptors (Lipinski definition) is 4. The summed E-state index contributed by atoms with van der Waals surface area (Å²) in [5.41, 5.74) is 0.212. The van der Waals surface area contributed by atoms with E-state index in [9.17, 15) is 9.18 Å².